The summed E-state index contributed by atoms with van der Waals surface area (Å²) in [5.41, 5.74) is 4.94. The van der Waals surface area contributed by atoms with Crippen molar-refractivity contribution in [2.75, 3.05) is 24.2 Å². The van der Waals surface area contributed by atoms with Crippen molar-refractivity contribution in [3.05, 3.63) is 39.9 Å². The summed E-state index contributed by atoms with van der Waals surface area (Å²) < 4.78 is 0.727. The summed E-state index contributed by atoms with van der Waals surface area (Å²) >= 11 is 2.83. The van der Waals surface area contributed by atoms with E-state index in [1.54, 1.807) is 5.38 Å². The largest absolute Gasteiger partial charge is 0.476 e. The highest BCUT2D eigenvalue weighted by atomic mass is 32.2. The van der Waals surface area contributed by atoms with Crippen molar-refractivity contribution >= 4 is 40.7 Å². The van der Waals surface area contributed by atoms with Gasteiger partial charge in [-0.3, -0.25) is 4.79 Å². The number of amides is 1. The van der Waals surface area contributed by atoms with Crippen LogP contribution in [0.4, 0.5) is 5.69 Å². The zero-order valence-corrected chi connectivity index (χ0v) is 18.0. The van der Waals surface area contributed by atoms with Crippen LogP contribution in [0.2, 0.25) is 0 Å². The van der Waals surface area contributed by atoms with E-state index in [9.17, 15) is 9.59 Å². The Morgan fingerprint density at radius 2 is 2.07 bits per heavy atom. The molecule has 0 saturated carbocycles. The predicted octanol–water partition coefficient (Wildman–Crippen LogP) is 3.96. The third-order valence-electron chi connectivity index (χ3n) is 4.90. The zero-order valence-electron chi connectivity index (χ0n) is 16.3. The van der Waals surface area contributed by atoms with Crippen LogP contribution in [0.1, 0.15) is 40.0 Å². The van der Waals surface area contributed by atoms with Gasteiger partial charge in [-0.15, -0.1) is 11.3 Å². The van der Waals surface area contributed by atoms with Crippen LogP contribution in [0.25, 0.3) is 0 Å². The Bertz CT molecular complexity index is 858. The number of carboxylic acids is 1. The second-order valence-corrected chi connectivity index (χ2v) is 9.29. The number of anilines is 1. The van der Waals surface area contributed by atoms with Gasteiger partial charge in [0.25, 0.3) is 0 Å². The molecule has 1 saturated heterocycles. The molecule has 1 amide bonds. The molecule has 0 radical (unpaired) electrons. The number of nitrogens with zero attached hydrogens (tertiary/aromatic N) is 2. The maximum absolute atomic E-state index is 12.3. The topological polar surface area (TPSA) is 82.5 Å². The molecule has 1 aromatic heterocycles. The van der Waals surface area contributed by atoms with Crippen LogP contribution in [0, 0.1) is 20.8 Å². The van der Waals surface area contributed by atoms with Gasteiger partial charge < -0.3 is 15.3 Å². The molecule has 3 rings (SSSR count). The molecule has 1 aliphatic heterocycles. The Balaban J connectivity index is 1.55. The normalized spacial score (nSPS) is 16.6. The van der Waals surface area contributed by atoms with Gasteiger partial charge in [0.1, 0.15) is 0 Å². The summed E-state index contributed by atoms with van der Waals surface area (Å²) in [5, 5.41) is 14.0. The summed E-state index contributed by atoms with van der Waals surface area (Å²) in [6, 6.07) is 4.52. The quantitative estimate of drug-likeness (QED) is 0.630. The van der Waals surface area contributed by atoms with Crippen LogP contribution in [0.15, 0.2) is 21.9 Å². The van der Waals surface area contributed by atoms with E-state index in [1.165, 1.54) is 39.8 Å². The van der Waals surface area contributed by atoms with E-state index >= 15 is 0 Å². The molecule has 1 aromatic carbocycles. The van der Waals surface area contributed by atoms with Crippen LogP contribution in [0.5, 0.6) is 0 Å². The molecular weight excluding hydrogens is 394 g/mol. The van der Waals surface area contributed by atoms with E-state index in [-0.39, 0.29) is 17.6 Å². The first kappa shape index (κ1) is 20.7. The fourth-order valence-electron chi connectivity index (χ4n) is 3.64. The number of aryl methyl sites for hydroxylation is 3. The number of hydrogen-bond donors (Lipinski definition) is 2. The Hall–Kier alpha value is -2.06. The maximum Gasteiger partial charge on any atom is 0.355 e. The lowest BCUT2D eigenvalue weighted by Gasteiger charge is -2.26. The van der Waals surface area contributed by atoms with E-state index < -0.39 is 5.97 Å². The number of nitrogens with one attached hydrogen (secondary N) is 1. The van der Waals surface area contributed by atoms with E-state index in [4.69, 9.17) is 5.11 Å². The van der Waals surface area contributed by atoms with Crippen molar-refractivity contribution in [2.24, 2.45) is 0 Å². The summed E-state index contributed by atoms with van der Waals surface area (Å²) in [6.07, 6.45) is 1.45. The number of carboxylic acid groups (broad SMARTS) is 1. The molecule has 150 valence electrons. The third kappa shape index (κ3) is 4.86. The predicted molar refractivity (Wildman–Crippen MR) is 114 cm³/mol. The van der Waals surface area contributed by atoms with Gasteiger partial charge in [0.05, 0.1) is 0 Å². The molecule has 1 atom stereocenters. The molecule has 2 aromatic rings. The number of likely N-dealkylation sites (tertiary alicyclic amines) is 1. The second-order valence-electron chi connectivity index (χ2n) is 7.09. The molecule has 6 nitrogen and oxygen atoms in total. The third-order valence-corrected chi connectivity index (χ3v) is 6.91. The molecule has 2 N–H and O–H groups in total. The highest BCUT2D eigenvalue weighted by Crippen LogP contribution is 2.26. The van der Waals surface area contributed by atoms with E-state index in [0.29, 0.717) is 18.7 Å². The molecule has 0 aliphatic carbocycles. The lowest BCUT2D eigenvalue weighted by molar-refractivity contribution is -0.128. The minimum Gasteiger partial charge on any atom is -0.476 e. The fraction of sp³-hybridized carbons (Fsp3) is 0.450. The van der Waals surface area contributed by atoms with Gasteiger partial charge in [-0.05, 0) is 38.3 Å². The Kier molecular flexibility index (Phi) is 6.61. The van der Waals surface area contributed by atoms with E-state index in [2.05, 4.69) is 43.2 Å². The summed E-state index contributed by atoms with van der Waals surface area (Å²) in [6.45, 7) is 7.69. The zero-order chi connectivity index (χ0) is 20.3. The molecule has 28 heavy (non-hydrogen) atoms. The van der Waals surface area contributed by atoms with Gasteiger partial charge in [-0.1, -0.05) is 29.5 Å². The number of carbonyl (C=O) groups excluding carboxylic acids is 1. The number of thiazole rings is 1. The van der Waals surface area contributed by atoms with Gasteiger partial charge in [-0.2, -0.15) is 0 Å². The van der Waals surface area contributed by atoms with Gasteiger partial charge in [0, 0.05) is 42.4 Å². The first-order chi connectivity index (χ1) is 13.3. The first-order valence-corrected chi connectivity index (χ1v) is 11.1. The van der Waals surface area contributed by atoms with Crippen molar-refractivity contribution in [3.8, 4) is 0 Å². The van der Waals surface area contributed by atoms with E-state index in [0.717, 1.165) is 23.0 Å². The SMILES string of the molecule is Cc1cc(C)c(NC[C@H]2CCC(=O)N2CCSc2nc(C(=O)O)cs2)c(C)c1. The van der Waals surface area contributed by atoms with Gasteiger partial charge in [0.15, 0.2) is 10.0 Å². The number of carbonyl (C=O) groups is 2. The number of thioether (sulfide) groups is 1. The average Bonchev–Trinajstić information content (AvgIpc) is 3.22. The highest BCUT2D eigenvalue weighted by molar-refractivity contribution is 8.01. The molecular formula is C20H25N3O3S2. The van der Waals surface area contributed by atoms with Crippen LogP contribution in [-0.2, 0) is 4.79 Å². The van der Waals surface area contributed by atoms with Crippen molar-refractivity contribution in [1.29, 1.82) is 0 Å². The molecule has 8 heteroatoms. The Morgan fingerprint density at radius 1 is 1.36 bits per heavy atom. The second kappa shape index (κ2) is 8.96. The van der Waals surface area contributed by atoms with Gasteiger partial charge >= 0.3 is 5.97 Å². The smallest absolute Gasteiger partial charge is 0.355 e. The van der Waals surface area contributed by atoms with Crippen LogP contribution in [0.3, 0.4) is 0 Å². The van der Waals surface area contributed by atoms with Crippen molar-refractivity contribution < 1.29 is 14.7 Å². The van der Waals surface area contributed by atoms with Crippen LogP contribution < -0.4 is 5.32 Å². The average molecular weight is 420 g/mol. The first-order valence-electron chi connectivity index (χ1n) is 9.28. The Labute approximate surface area is 173 Å². The minimum atomic E-state index is -1.01. The van der Waals surface area contributed by atoms with Gasteiger partial charge in [-0.25, -0.2) is 9.78 Å². The summed E-state index contributed by atoms with van der Waals surface area (Å²) in [5.74, 6) is -0.113. The van der Waals surface area contributed by atoms with Crippen molar-refractivity contribution in [1.82, 2.24) is 9.88 Å². The highest BCUT2D eigenvalue weighted by Gasteiger charge is 2.30. The number of benzene rings is 1. The standard InChI is InChI=1S/C20H25N3O3S2/c1-12-8-13(2)18(14(3)9-12)21-10-15-4-5-17(24)23(15)6-7-27-20-22-16(11-28-20)19(25)26/h8-9,11,15,21H,4-7,10H2,1-3H3,(H,25,26)/t15-/m1/s1. The summed E-state index contributed by atoms with van der Waals surface area (Å²) in [7, 11) is 0. The molecule has 0 bridgehead atoms. The summed E-state index contributed by atoms with van der Waals surface area (Å²) in [4.78, 5) is 29.3. The fourth-order valence-corrected chi connectivity index (χ4v) is 5.45. The maximum atomic E-state index is 12.3. The molecule has 1 aliphatic rings. The van der Waals surface area contributed by atoms with Crippen LogP contribution in [-0.4, -0.2) is 51.8 Å². The molecule has 1 fully saturated rings. The molecule has 0 unspecified atom stereocenters. The van der Waals surface area contributed by atoms with Crippen LogP contribution >= 0.6 is 23.1 Å². The number of aromatic nitrogens is 1. The number of aromatic carboxylic acids is 1. The van der Waals surface area contributed by atoms with Crippen molar-refractivity contribution in [3.63, 3.8) is 0 Å². The lowest BCUT2D eigenvalue weighted by atomic mass is 10.0. The minimum absolute atomic E-state index is 0.0793. The monoisotopic (exact) mass is 419 g/mol. The Morgan fingerprint density at radius 3 is 2.71 bits per heavy atom. The number of rotatable bonds is 8. The molecule has 0 spiro atoms. The number of hydrogen-bond acceptors (Lipinski definition) is 6. The van der Waals surface area contributed by atoms with Gasteiger partial charge in [0.2, 0.25) is 5.91 Å². The lowest BCUT2D eigenvalue weighted by Crippen LogP contribution is -2.39. The van der Waals surface area contributed by atoms with Crippen molar-refractivity contribution in [2.45, 2.75) is 44.0 Å². The molecule has 2 heterocycles. The van der Waals surface area contributed by atoms with E-state index in [1.807, 2.05) is 4.90 Å².